The van der Waals surface area contributed by atoms with E-state index in [1.807, 2.05) is 0 Å². The third-order valence-electron chi connectivity index (χ3n) is 3.56. The van der Waals surface area contributed by atoms with E-state index in [0.717, 1.165) is 38.1 Å². The van der Waals surface area contributed by atoms with Crippen molar-refractivity contribution in [1.82, 2.24) is 9.62 Å². The first kappa shape index (κ1) is 16.4. The number of methoxy groups -OCH3 is 1. The summed E-state index contributed by atoms with van der Waals surface area (Å²) in [6, 6.07) is 4.75. The molecule has 1 unspecified atom stereocenters. The van der Waals surface area contributed by atoms with E-state index in [1.165, 1.54) is 12.1 Å². The second kappa shape index (κ2) is 7.31. The van der Waals surface area contributed by atoms with Gasteiger partial charge in [-0.15, -0.1) is 0 Å². The molecule has 118 valence electrons. The first-order chi connectivity index (χ1) is 10.0. The van der Waals surface area contributed by atoms with Gasteiger partial charge in [0.05, 0.1) is 11.5 Å². The molecule has 0 radical (unpaired) electrons. The quantitative estimate of drug-likeness (QED) is 0.857. The van der Waals surface area contributed by atoms with E-state index in [9.17, 15) is 12.8 Å². The largest absolute Gasteiger partial charge is 0.383 e. The van der Waals surface area contributed by atoms with E-state index in [1.54, 1.807) is 7.11 Å². The van der Waals surface area contributed by atoms with Gasteiger partial charge in [0, 0.05) is 26.2 Å². The summed E-state index contributed by atoms with van der Waals surface area (Å²) in [6.45, 7) is 3.06. The molecule has 0 aliphatic carbocycles. The molecule has 1 aliphatic heterocycles. The van der Waals surface area contributed by atoms with Crippen molar-refractivity contribution in [2.24, 2.45) is 0 Å². The topological polar surface area (TPSA) is 58.6 Å². The highest BCUT2D eigenvalue weighted by Crippen LogP contribution is 2.15. The van der Waals surface area contributed by atoms with Crippen LogP contribution in [0, 0.1) is 5.82 Å². The van der Waals surface area contributed by atoms with E-state index in [0.29, 0.717) is 13.2 Å². The Morgan fingerprint density at radius 3 is 2.76 bits per heavy atom. The first-order valence-corrected chi connectivity index (χ1v) is 8.49. The van der Waals surface area contributed by atoms with Gasteiger partial charge in [-0.3, -0.25) is 4.90 Å². The van der Waals surface area contributed by atoms with Crippen molar-refractivity contribution in [3.05, 3.63) is 30.1 Å². The molecule has 0 saturated carbocycles. The Hall–Kier alpha value is -1.02. The summed E-state index contributed by atoms with van der Waals surface area (Å²) in [5.74, 6) is -0.447. The summed E-state index contributed by atoms with van der Waals surface area (Å²) in [5, 5.41) is 0. The molecule has 1 atom stereocenters. The number of nitrogens with one attached hydrogen (secondary N) is 1. The number of benzene rings is 1. The average Bonchev–Trinajstić information content (AvgIpc) is 2.45. The minimum atomic E-state index is -3.60. The van der Waals surface area contributed by atoms with Crippen LogP contribution >= 0.6 is 0 Å². The van der Waals surface area contributed by atoms with E-state index < -0.39 is 15.8 Å². The molecule has 2 rings (SSSR count). The van der Waals surface area contributed by atoms with Crippen molar-refractivity contribution in [1.29, 1.82) is 0 Å². The van der Waals surface area contributed by atoms with Crippen molar-refractivity contribution in [2.75, 3.05) is 33.4 Å². The SMILES string of the molecule is COCCN1CCCC(NS(=O)(=O)c2ccc(F)cc2)C1. The molecular formula is C14H21FN2O3S. The molecule has 0 aromatic heterocycles. The Kier molecular flexibility index (Phi) is 5.69. The maximum absolute atomic E-state index is 12.9. The van der Waals surface area contributed by atoms with Crippen molar-refractivity contribution >= 4 is 10.0 Å². The van der Waals surface area contributed by atoms with Crippen LogP contribution in [-0.4, -0.2) is 52.7 Å². The van der Waals surface area contributed by atoms with Crippen LogP contribution in [0.2, 0.25) is 0 Å². The Morgan fingerprint density at radius 2 is 2.10 bits per heavy atom. The number of halogens is 1. The minimum Gasteiger partial charge on any atom is -0.383 e. The summed E-state index contributed by atoms with van der Waals surface area (Å²) >= 11 is 0. The van der Waals surface area contributed by atoms with Crippen LogP contribution in [0.1, 0.15) is 12.8 Å². The summed E-state index contributed by atoms with van der Waals surface area (Å²) in [4.78, 5) is 2.28. The lowest BCUT2D eigenvalue weighted by Crippen LogP contribution is -2.48. The fraction of sp³-hybridized carbons (Fsp3) is 0.571. The van der Waals surface area contributed by atoms with Crippen molar-refractivity contribution < 1.29 is 17.5 Å². The van der Waals surface area contributed by atoms with Gasteiger partial charge < -0.3 is 4.74 Å². The minimum absolute atomic E-state index is 0.0953. The van der Waals surface area contributed by atoms with E-state index in [4.69, 9.17) is 4.74 Å². The van der Waals surface area contributed by atoms with Gasteiger partial charge in [0.2, 0.25) is 10.0 Å². The van der Waals surface area contributed by atoms with Gasteiger partial charge in [-0.05, 0) is 43.7 Å². The summed E-state index contributed by atoms with van der Waals surface area (Å²) in [6.07, 6.45) is 1.75. The van der Waals surface area contributed by atoms with Gasteiger partial charge in [-0.25, -0.2) is 17.5 Å². The lowest BCUT2D eigenvalue weighted by Gasteiger charge is -2.32. The van der Waals surface area contributed by atoms with Gasteiger partial charge in [0.1, 0.15) is 5.82 Å². The highest BCUT2D eigenvalue weighted by Gasteiger charge is 2.25. The third kappa shape index (κ3) is 4.74. The van der Waals surface area contributed by atoms with Gasteiger partial charge in [0.25, 0.3) is 0 Å². The molecule has 1 aliphatic rings. The molecule has 0 spiro atoms. The maximum Gasteiger partial charge on any atom is 0.240 e. The Balaban J connectivity index is 1.97. The predicted octanol–water partition coefficient (Wildman–Crippen LogP) is 1.21. The molecule has 1 aromatic carbocycles. The highest BCUT2D eigenvalue weighted by molar-refractivity contribution is 7.89. The van der Waals surface area contributed by atoms with Crippen LogP contribution in [0.3, 0.4) is 0 Å². The number of nitrogens with zero attached hydrogens (tertiary/aromatic N) is 1. The zero-order chi connectivity index (χ0) is 15.3. The fourth-order valence-corrected chi connectivity index (χ4v) is 3.74. The zero-order valence-corrected chi connectivity index (χ0v) is 12.9. The van der Waals surface area contributed by atoms with Crippen LogP contribution in [0.25, 0.3) is 0 Å². The van der Waals surface area contributed by atoms with Crippen molar-refractivity contribution in [3.63, 3.8) is 0 Å². The lowest BCUT2D eigenvalue weighted by atomic mass is 10.1. The summed E-state index contributed by atoms with van der Waals surface area (Å²) < 4.78 is 45.1. The molecule has 1 N–H and O–H groups in total. The van der Waals surface area contributed by atoms with Crippen LogP contribution in [0.15, 0.2) is 29.2 Å². The lowest BCUT2D eigenvalue weighted by molar-refractivity contribution is 0.126. The van der Waals surface area contributed by atoms with Crippen LogP contribution < -0.4 is 4.72 Å². The standard InChI is InChI=1S/C14H21FN2O3S/c1-20-10-9-17-8-2-3-13(11-17)16-21(18,19)14-6-4-12(15)5-7-14/h4-7,13,16H,2-3,8-11H2,1H3. The zero-order valence-electron chi connectivity index (χ0n) is 12.1. The van der Waals surface area contributed by atoms with Crippen LogP contribution in [-0.2, 0) is 14.8 Å². The number of likely N-dealkylation sites (tertiary alicyclic amines) is 1. The van der Waals surface area contributed by atoms with E-state index in [-0.39, 0.29) is 10.9 Å². The fourth-order valence-electron chi connectivity index (χ4n) is 2.48. The van der Waals surface area contributed by atoms with Gasteiger partial charge in [0.15, 0.2) is 0 Å². The van der Waals surface area contributed by atoms with Gasteiger partial charge in [-0.1, -0.05) is 0 Å². The van der Waals surface area contributed by atoms with E-state index >= 15 is 0 Å². The summed E-state index contributed by atoms with van der Waals surface area (Å²) in [5.41, 5.74) is 0. The van der Waals surface area contributed by atoms with Gasteiger partial charge >= 0.3 is 0 Å². The molecule has 5 nitrogen and oxygen atoms in total. The molecule has 21 heavy (non-hydrogen) atoms. The molecule has 1 aromatic rings. The Morgan fingerprint density at radius 1 is 1.38 bits per heavy atom. The molecule has 1 fully saturated rings. The Labute approximate surface area is 125 Å². The molecule has 0 bridgehead atoms. The summed E-state index contributed by atoms with van der Waals surface area (Å²) in [7, 11) is -1.94. The normalized spacial score (nSPS) is 20.6. The highest BCUT2D eigenvalue weighted by atomic mass is 32.2. The molecule has 1 heterocycles. The number of sulfonamides is 1. The molecule has 7 heteroatoms. The Bertz CT molecular complexity index is 548. The van der Waals surface area contributed by atoms with Crippen molar-refractivity contribution in [2.45, 2.75) is 23.8 Å². The van der Waals surface area contributed by atoms with Crippen LogP contribution in [0.5, 0.6) is 0 Å². The average molecular weight is 316 g/mol. The number of piperidine rings is 1. The number of rotatable bonds is 6. The molecule has 0 amide bonds. The van der Waals surface area contributed by atoms with Crippen molar-refractivity contribution in [3.8, 4) is 0 Å². The second-order valence-electron chi connectivity index (χ2n) is 5.21. The van der Waals surface area contributed by atoms with Gasteiger partial charge in [-0.2, -0.15) is 0 Å². The monoisotopic (exact) mass is 316 g/mol. The molecule has 1 saturated heterocycles. The maximum atomic E-state index is 12.9. The molecular weight excluding hydrogens is 295 g/mol. The van der Waals surface area contributed by atoms with Crippen LogP contribution in [0.4, 0.5) is 4.39 Å². The number of ether oxygens (including phenoxy) is 1. The number of hydrogen-bond donors (Lipinski definition) is 1. The smallest absolute Gasteiger partial charge is 0.240 e. The second-order valence-corrected chi connectivity index (χ2v) is 6.92. The van der Waals surface area contributed by atoms with E-state index in [2.05, 4.69) is 9.62 Å². The predicted molar refractivity (Wildman–Crippen MR) is 78.1 cm³/mol. The number of hydrogen-bond acceptors (Lipinski definition) is 4. The third-order valence-corrected chi connectivity index (χ3v) is 5.10. The first-order valence-electron chi connectivity index (χ1n) is 7.00.